The predicted octanol–water partition coefficient (Wildman–Crippen LogP) is 1.07. The molecule has 0 rings (SSSR count). The molecule has 0 fully saturated rings. The van der Waals surface area contributed by atoms with Crippen LogP contribution in [0.1, 0.15) is 25.7 Å². The van der Waals surface area contributed by atoms with E-state index in [-0.39, 0.29) is 24.6 Å². The Morgan fingerprint density at radius 3 is 1.57 bits per heavy atom. The second-order valence-corrected chi connectivity index (χ2v) is 4.81. The zero-order valence-corrected chi connectivity index (χ0v) is 12.8. The lowest BCUT2D eigenvalue weighted by Crippen LogP contribution is -2.34. The van der Waals surface area contributed by atoms with Crippen molar-refractivity contribution in [2.45, 2.75) is 25.7 Å². The highest BCUT2D eigenvalue weighted by Gasteiger charge is 2.38. The third kappa shape index (κ3) is 7.04. The van der Waals surface area contributed by atoms with Gasteiger partial charge in [-0.1, -0.05) is 0 Å². The molecule has 0 heterocycles. The molecule has 0 aliphatic carbocycles. The van der Waals surface area contributed by atoms with E-state index in [4.69, 9.17) is 0 Å². The van der Waals surface area contributed by atoms with Crippen molar-refractivity contribution >= 4 is 12.2 Å². The van der Waals surface area contributed by atoms with Crippen LogP contribution >= 0.6 is 0 Å². The van der Waals surface area contributed by atoms with Gasteiger partial charge in [0, 0.05) is 0 Å². The van der Waals surface area contributed by atoms with Gasteiger partial charge in [0.15, 0.2) is 0 Å². The molecular formula is C15H22N2O6. The molecule has 0 bridgehead atoms. The largest absolute Gasteiger partial charge is 0.511 e. The van der Waals surface area contributed by atoms with Crippen molar-refractivity contribution in [3.05, 3.63) is 23.7 Å². The van der Waals surface area contributed by atoms with Gasteiger partial charge in [-0.25, -0.2) is 19.6 Å². The van der Waals surface area contributed by atoms with Crippen molar-refractivity contribution < 1.29 is 30.0 Å². The quantitative estimate of drug-likeness (QED) is 0.183. The number of allylic oxidation sites excluding steroid dienone is 2. The van der Waals surface area contributed by atoms with E-state index in [1.54, 1.807) is 0 Å². The molecule has 8 heteroatoms. The Balaban J connectivity index is 4.92. The van der Waals surface area contributed by atoms with Crippen LogP contribution in [-0.2, 0) is 9.59 Å². The molecule has 4 N–H and O–H groups in total. The minimum Gasteiger partial charge on any atom is -0.511 e. The highest BCUT2D eigenvalue weighted by Crippen LogP contribution is 2.32. The summed E-state index contributed by atoms with van der Waals surface area (Å²) in [5, 5.41) is 39.2. The number of hydrogen-bond donors (Lipinski definition) is 4. The highest BCUT2D eigenvalue weighted by molar-refractivity contribution is 5.33. The second-order valence-electron chi connectivity index (χ2n) is 4.81. The maximum atomic E-state index is 10.1. The standard InChI is InChI=1S/C15H22N2O6/c18-9-15(10-19,13(22)5-1-3-7-16-11-20)14(23)6-2-4-8-17-12-21/h5-6,18-19,22-23H,1-4,7-10H2. The molecule has 0 radical (unpaired) electrons. The summed E-state index contributed by atoms with van der Waals surface area (Å²) in [4.78, 5) is 26.6. The molecule has 0 unspecified atom stereocenters. The lowest BCUT2D eigenvalue weighted by Gasteiger charge is -2.28. The third-order valence-corrected chi connectivity index (χ3v) is 3.27. The van der Waals surface area contributed by atoms with Crippen LogP contribution in [0.3, 0.4) is 0 Å². The maximum absolute atomic E-state index is 10.1. The molecule has 0 amide bonds. The monoisotopic (exact) mass is 326 g/mol. The summed E-state index contributed by atoms with van der Waals surface area (Å²) >= 11 is 0. The summed E-state index contributed by atoms with van der Waals surface area (Å²) in [5.74, 6) is -0.727. The number of unbranched alkanes of at least 4 members (excludes halogenated alkanes) is 2. The van der Waals surface area contributed by atoms with Crippen LogP contribution in [0.2, 0.25) is 0 Å². The third-order valence-electron chi connectivity index (χ3n) is 3.27. The number of carbonyl (C=O) groups excluding carboxylic acids is 2. The predicted molar refractivity (Wildman–Crippen MR) is 82.5 cm³/mol. The fraction of sp³-hybridized carbons (Fsp3) is 0.600. The minimum atomic E-state index is -1.68. The minimum absolute atomic E-state index is 0.248. The second kappa shape index (κ2) is 12.3. The topological polar surface area (TPSA) is 140 Å². The maximum Gasteiger partial charge on any atom is 0.234 e. The number of hydrogen-bond acceptors (Lipinski definition) is 8. The normalized spacial score (nSPS) is 12.4. The molecule has 0 aromatic carbocycles. The Kier molecular flexibility index (Phi) is 11.1. The van der Waals surface area contributed by atoms with Gasteiger partial charge in [0.2, 0.25) is 12.2 Å². The SMILES string of the molecule is O=C=NCCCC=C(O)C(CO)(CO)C(O)=CCCCN=C=O. The van der Waals surface area contributed by atoms with Crippen LogP contribution in [-0.4, -0.2) is 58.9 Å². The molecule has 0 saturated heterocycles. The number of aliphatic imine (C=N–C) groups is 2. The Bertz CT molecular complexity index is 456. The van der Waals surface area contributed by atoms with Gasteiger partial charge in [-0.2, -0.15) is 0 Å². The molecule has 0 aromatic heterocycles. The van der Waals surface area contributed by atoms with Crippen molar-refractivity contribution in [2.75, 3.05) is 26.3 Å². The lowest BCUT2D eigenvalue weighted by atomic mass is 9.84. The van der Waals surface area contributed by atoms with E-state index in [2.05, 4.69) is 9.98 Å². The summed E-state index contributed by atoms with van der Waals surface area (Å²) in [6, 6.07) is 0. The first-order valence-corrected chi connectivity index (χ1v) is 7.17. The van der Waals surface area contributed by atoms with Crippen LogP contribution < -0.4 is 0 Å². The molecule has 23 heavy (non-hydrogen) atoms. The van der Waals surface area contributed by atoms with E-state index in [9.17, 15) is 30.0 Å². The van der Waals surface area contributed by atoms with Crippen molar-refractivity contribution in [3.63, 3.8) is 0 Å². The van der Waals surface area contributed by atoms with E-state index in [1.807, 2.05) is 0 Å². The number of aliphatic hydroxyl groups excluding tert-OH is 4. The average molecular weight is 326 g/mol. The van der Waals surface area contributed by atoms with Gasteiger partial charge in [0.1, 0.15) is 16.9 Å². The Labute approximate surface area is 134 Å². The zero-order valence-electron chi connectivity index (χ0n) is 12.8. The fourth-order valence-corrected chi connectivity index (χ4v) is 1.81. The van der Waals surface area contributed by atoms with E-state index in [0.717, 1.165) is 0 Å². The van der Waals surface area contributed by atoms with Gasteiger partial charge >= 0.3 is 0 Å². The number of aliphatic hydroxyl groups is 4. The number of rotatable bonds is 12. The lowest BCUT2D eigenvalue weighted by molar-refractivity contribution is 0.0446. The van der Waals surface area contributed by atoms with Crippen LogP contribution in [0.25, 0.3) is 0 Å². The Hall–Kier alpha value is -2.24. The van der Waals surface area contributed by atoms with Crippen LogP contribution in [0, 0.1) is 5.41 Å². The molecular weight excluding hydrogens is 304 g/mol. The van der Waals surface area contributed by atoms with Crippen LogP contribution in [0.4, 0.5) is 0 Å². The summed E-state index contributed by atoms with van der Waals surface area (Å²) in [5.41, 5.74) is -1.68. The molecule has 0 spiro atoms. The number of nitrogens with zero attached hydrogens (tertiary/aromatic N) is 2. The van der Waals surface area contributed by atoms with Crippen molar-refractivity contribution in [1.29, 1.82) is 0 Å². The van der Waals surface area contributed by atoms with Gasteiger partial charge in [-0.15, -0.1) is 0 Å². The van der Waals surface area contributed by atoms with Crippen LogP contribution in [0.5, 0.6) is 0 Å². The van der Waals surface area contributed by atoms with E-state index in [1.165, 1.54) is 24.3 Å². The Morgan fingerprint density at radius 2 is 1.26 bits per heavy atom. The van der Waals surface area contributed by atoms with E-state index < -0.39 is 18.6 Å². The summed E-state index contributed by atoms with van der Waals surface area (Å²) < 4.78 is 0. The van der Waals surface area contributed by atoms with Gasteiger partial charge in [-0.3, -0.25) is 0 Å². The highest BCUT2D eigenvalue weighted by atomic mass is 16.3. The molecule has 8 nitrogen and oxygen atoms in total. The van der Waals surface area contributed by atoms with Crippen molar-refractivity contribution in [2.24, 2.45) is 15.4 Å². The first kappa shape index (κ1) is 20.8. The smallest absolute Gasteiger partial charge is 0.234 e. The molecule has 0 aromatic rings. The van der Waals surface area contributed by atoms with E-state index in [0.29, 0.717) is 25.7 Å². The molecule has 0 aliphatic heterocycles. The average Bonchev–Trinajstić information content (AvgIpc) is 2.56. The molecule has 0 saturated carbocycles. The summed E-state index contributed by atoms with van der Waals surface area (Å²) in [6.07, 6.45) is 7.14. The summed E-state index contributed by atoms with van der Waals surface area (Å²) in [7, 11) is 0. The zero-order chi connectivity index (χ0) is 17.6. The molecule has 0 aliphatic rings. The van der Waals surface area contributed by atoms with Crippen molar-refractivity contribution in [3.8, 4) is 0 Å². The molecule has 128 valence electrons. The van der Waals surface area contributed by atoms with Crippen molar-refractivity contribution in [1.82, 2.24) is 0 Å². The van der Waals surface area contributed by atoms with Gasteiger partial charge in [0.25, 0.3) is 0 Å². The number of isocyanates is 2. The van der Waals surface area contributed by atoms with Crippen LogP contribution in [0.15, 0.2) is 33.7 Å². The van der Waals surface area contributed by atoms with Gasteiger partial charge < -0.3 is 20.4 Å². The Morgan fingerprint density at radius 1 is 0.870 bits per heavy atom. The first-order valence-electron chi connectivity index (χ1n) is 7.17. The summed E-state index contributed by atoms with van der Waals surface area (Å²) in [6.45, 7) is -0.879. The van der Waals surface area contributed by atoms with Gasteiger partial charge in [-0.05, 0) is 37.8 Å². The first-order chi connectivity index (χ1) is 11.1. The van der Waals surface area contributed by atoms with E-state index >= 15 is 0 Å². The molecule has 0 atom stereocenters. The fourth-order valence-electron chi connectivity index (χ4n) is 1.81. The van der Waals surface area contributed by atoms with Gasteiger partial charge in [0.05, 0.1) is 26.3 Å².